The fourth-order valence-electron chi connectivity index (χ4n) is 3.29. The molecule has 3 atom stereocenters. The molecule has 1 saturated heterocycles. The molecule has 154 valence electrons. The normalized spacial score (nSPS) is 18.3. The van der Waals surface area contributed by atoms with E-state index in [9.17, 15) is 9.59 Å². The van der Waals surface area contributed by atoms with Crippen molar-refractivity contribution >= 4 is 11.9 Å². The Hall–Kier alpha value is -2.54. The molecule has 7 heteroatoms. The molecule has 0 spiro atoms. The summed E-state index contributed by atoms with van der Waals surface area (Å²) >= 11 is 0. The molecule has 0 saturated carbocycles. The summed E-state index contributed by atoms with van der Waals surface area (Å²) in [4.78, 5) is 26.8. The van der Waals surface area contributed by atoms with Crippen LogP contribution in [0.25, 0.3) is 0 Å². The van der Waals surface area contributed by atoms with Gasteiger partial charge in [0.15, 0.2) is 12.2 Å². The zero-order chi connectivity index (χ0) is 20.7. The van der Waals surface area contributed by atoms with Crippen LogP contribution in [0.2, 0.25) is 0 Å². The minimum absolute atomic E-state index is 0.159. The SMILES string of the molecule is C=CCOC(C)C(=O)OC(C)C(=O)N1CCCC1c1cc(OC)ccc1OC. The monoisotopic (exact) mass is 391 g/mol. The van der Waals surface area contributed by atoms with Crippen LogP contribution in [0.1, 0.15) is 38.3 Å². The first-order valence-electron chi connectivity index (χ1n) is 9.38. The number of hydrogen-bond acceptors (Lipinski definition) is 6. The molecule has 1 aromatic carbocycles. The lowest BCUT2D eigenvalue weighted by Gasteiger charge is -2.29. The predicted molar refractivity (Wildman–Crippen MR) is 104 cm³/mol. The highest BCUT2D eigenvalue weighted by Crippen LogP contribution is 2.39. The van der Waals surface area contributed by atoms with Crippen LogP contribution in [0, 0.1) is 0 Å². The average Bonchev–Trinajstić information content (AvgIpc) is 3.20. The standard InChI is InChI=1S/C21H29NO6/c1-6-12-27-15(3)21(24)28-14(2)20(23)22-11-7-8-18(22)17-13-16(25-4)9-10-19(17)26-5/h6,9-10,13-15,18H,1,7-8,11-12H2,2-5H3. The van der Waals surface area contributed by atoms with E-state index in [0.29, 0.717) is 18.0 Å². The van der Waals surface area contributed by atoms with Gasteiger partial charge in [-0.25, -0.2) is 4.79 Å². The number of benzene rings is 1. The largest absolute Gasteiger partial charge is 0.497 e. The van der Waals surface area contributed by atoms with Crippen LogP contribution in [0.15, 0.2) is 30.9 Å². The second-order valence-electron chi connectivity index (χ2n) is 6.64. The summed E-state index contributed by atoms with van der Waals surface area (Å²) in [5.41, 5.74) is 0.883. The maximum atomic E-state index is 13.0. The number of rotatable bonds is 9. The molecular weight excluding hydrogens is 362 g/mol. The Morgan fingerprint density at radius 2 is 2.00 bits per heavy atom. The van der Waals surface area contributed by atoms with Crippen LogP contribution < -0.4 is 9.47 Å². The lowest BCUT2D eigenvalue weighted by Crippen LogP contribution is -2.41. The van der Waals surface area contributed by atoms with Crippen LogP contribution in [-0.2, 0) is 19.1 Å². The number of carbonyl (C=O) groups is 2. The summed E-state index contributed by atoms with van der Waals surface area (Å²) in [6, 6.07) is 5.38. The molecule has 1 heterocycles. The maximum Gasteiger partial charge on any atom is 0.335 e. The Labute approximate surface area is 166 Å². The number of methoxy groups -OCH3 is 2. The number of likely N-dealkylation sites (tertiary alicyclic amines) is 1. The molecule has 1 amide bonds. The molecule has 2 rings (SSSR count). The lowest BCUT2D eigenvalue weighted by molar-refractivity contribution is -0.167. The van der Waals surface area contributed by atoms with E-state index in [1.165, 1.54) is 0 Å². The Morgan fingerprint density at radius 3 is 2.64 bits per heavy atom. The first-order chi connectivity index (χ1) is 13.4. The first-order valence-corrected chi connectivity index (χ1v) is 9.38. The summed E-state index contributed by atoms with van der Waals surface area (Å²) in [7, 11) is 3.20. The highest BCUT2D eigenvalue weighted by atomic mass is 16.6. The van der Waals surface area contributed by atoms with Gasteiger partial charge < -0.3 is 23.8 Å². The number of carbonyl (C=O) groups excluding carboxylic acids is 2. The number of esters is 1. The molecule has 0 N–H and O–H groups in total. The van der Waals surface area contributed by atoms with E-state index in [1.54, 1.807) is 39.0 Å². The topological polar surface area (TPSA) is 74.3 Å². The second-order valence-corrected chi connectivity index (χ2v) is 6.64. The summed E-state index contributed by atoms with van der Waals surface area (Å²) in [6.45, 7) is 7.54. The highest BCUT2D eigenvalue weighted by Gasteiger charge is 2.36. The molecular formula is C21H29NO6. The van der Waals surface area contributed by atoms with Gasteiger partial charge >= 0.3 is 5.97 Å². The minimum Gasteiger partial charge on any atom is -0.497 e. The van der Waals surface area contributed by atoms with Crippen molar-refractivity contribution in [2.24, 2.45) is 0 Å². The fraction of sp³-hybridized carbons (Fsp3) is 0.524. The van der Waals surface area contributed by atoms with Crippen molar-refractivity contribution in [3.05, 3.63) is 36.4 Å². The van der Waals surface area contributed by atoms with E-state index in [4.69, 9.17) is 18.9 Å². The van der Waals surface area contributed by atoms with Gasteiger partial charge in [0.25, 0.3) is 5.91 Å². The molecule has 0 bridgehead atoms. The zero-order valence-corrected chi connectivity index (χ0v) is 17.0. The van der Waals surface area contributed by atoms with Gasteiger partial charge in [-0.15, -0.1) is 6.58 Å². The van der Waals surface area contributed by atoms with Crippen molar-refractivity contribution in [2.45, 2.75) is 44.9 Å². The molecule has 1 fully saturated rings. The van der Waals surface area contributed by atoms with Crippen LogP contribution in [0.5, 0.6) is 11.5 Å². The average molecular weight is 391 g/mol. The van der Waals surface area contributed by atoms with E-state index >= 15 is 0 Å². The number of ether oxygens (including phenoxy) is 4. The van der Waals surface area contributed by atoms with Crippen LogP contribution in [0.4, 0.5) is 0 Å². The Bertz CT molecular complexity index is 704. The molecule has 3 unspecified atom stereocenters. The Balaban J connectivity index is 2.12. The van der Waals surface area contributed by atoms with Crippen molar-refractivity contribution in [1.82, 2.24) is 4.90 Å². The summed E-state index contributed by atoms with van der Waals surface area (Å²) in [5, 5.41) is 0. The third-order valence-corrected chi connectivity index (χ3v) is 4.77. The first kappa shape index (κ1) is 21.8. The van der Waals surface area contributed by atoms with E-state index in [2.05, 4.69) is 6.58 Å². The smallest absolute Gasteiger partial charge is 0.335 e. The molecule has 0 aliphatic carbocycles. The highest BCUT2D eigenvalue weighted by molar-refractivity contribution is 5.85. The maximum absolute atomic E-state index is 13.0. The predicted octanol–water partition coefficient (Wildman–Crippen LogP) is 2.89. The van der Waals surface area contributed by atoms with Crippen LogP contribution in [0.3, 0.4) is 0 Å². The van der Waals surface area contributed by atoms with Gasteiger partial charge in [-0.2, -0.15) is 0 Å². The van der Waals surface area contributed by atoms with Crippen molar-refractivity contribution in [3.8, 4) is 11.5 Å². The van der Waals surface area contributed by atoms with Crippen molar-refractivity contribution in [2.75, 3.05) is 27.4 Å². The van der Waals surface area contributed by atoms with Crippen molar-refractivity contribution in [3.63, 3.8) is 0 Å². The fourth-order valence-corrected chi connectivity index (χ4v) is 3.29. The number of hydrogen-bond donors (Lipinski definition) is 0. The van der Waals surface area contributed by atoms with Gasteiger partial charge in [0, 0.05) is 12.1 Å². The minimum atomic E-state index is -0.903. The number of nitrogens with zero attached hydrogens (tertiary/aromatic N) is 1. The van der Waals surface area contributed by atoms with E-state index in [-0.39, 0.29) is 18.6 Å². The van der Waals surface area contributed by atoms with Crippen molar-refractivity contribution in [1.29, 1.82) is 0 Å². The van der Waals surface area contributed by atoms with Gasteiger partial charge in [0.05, 0.1) is 26.9 Å². The molecule has 0 aromatic heterocycles. The van der Waals surface area contributed by atoms with E-state index < -0.39 is 18.2 Å². The Morgan fingerprint density at radius 1 is 1.25 bits per heavy atom. The third kappa shape index (κ3) is 5.04. The lowest BCUT2D eigenvalue weighted by atomic mass is 10.0. The van der Waals surface area contributed by atoms with Gasteiger partial charge in [-0.1, -0.05) is 6.08 Å². The van der Waals surface area contributed by atoms with Gasteiger partial charge in [0.2, 0.25) is 0 Å². The molecule has 28 heavy (non-hydrogen) atoms. The number of amides is 1. The molecule has 1 aliphatic rings. The van der Waals surface area contributed by atoms with Crippen LogP contribution in [-0.4, -0.2) is 56.4 Å². The molecule has 7 nitrogen and oxygen atoms in total. The second kappa shape index (κ2) is 10.1. The molecule has 0 radical (unpaired) electrons. The molecule has 1 aromatic rings. The molecule has 1 aliphatic heterocycles. The van der Waals surface area contributed by atoms with E-state index in [0.717, 1.165) is 18.4 Å². The van der Waals surface area contributed by atoms with E-state index in [1.807, 2.05) is 18.2 Å². The summed E-state index contributed by atoms with van der Waals surface area (Å²) < 4.78 is 21.4. The quantitative estimate of drug-likeness (QED) is 0.476. The van der Waals surface area contributed by atoms with Gasteiger partial charge in [-0.3, -0.25) is 4.79 Å². The van der Waals surface area contributed by atoms with Crippen molar-refractivity contribution < 1.29 is 28.5 Å². The van der Waals surface area contributed by atoms with Gasteiger partial charge in [0.1, 0.15) is 11.5 Å². The zero-order valence-electron chi connectivity index (χ0n) is 17.0. The summed E-state index contributed by atoms with van der Waals surface area (Å²) in [6.07, 6.45) is 1.54. The Kier molecular flexibility index (Phi) is 7.87. The van der Waals surface area contributed by atoms with Gasteiger partial charge in [-0.05, 0) is 44.9 Å². The third-order valence-electron chi connectivity index (χ3n) is 4.77. The summed E-state index contributed by atoms with van der Waals surface area (Å²) in [5.74, 6) is 0.582. The van der Waals surface area contributed by atoms with Crippen LogP contribution >= 0.6 is 0 Å².